The lowest BCUT2D eigenvalue weighted by molar-refractivity contribution is -0.274. The summed E-state index contributed by atoms with van der Waals surface area (Å²) in [7, 11) is -1.17. The molecule has 0 saturated carbocycles. The maximum Gasteiger partial charge on any atom is 0.573 e. The average molecular weight is 637 g/mol. The Morgan fingerprint density at radius 2 is 1.52 bits per heavy atom. The number of hydrogen-bond donors (Lipinski definition) is 1. The maximum absolute atomic E-state index is 13.6. The van der Waals surface area contributed by atoms with Crippen LogP contribution in [0.5, 0.6) is 5.75 Å². The first-order valence-corrected chi connectivity index (χ1v) is 14.2. The molecule has 15 heteroatoms. The molecule has 2 aromatic heterocycles. The predicted octanol–water partition coefficient (Wildman–Crippen LogP) is 7.21. The third-order valence-electron chi connectivity index (χ3n) is 6.55. The van der Waals surface area contributed by atoms with Gasteiger partial charge in [0.2, 0.25) is 10.0 Å². The summed E-state index contributed by atoms with van der Waals surface area (Å²) in [5, 5.41) is 3.61. The lowest BCUT2D eigenvalue weighted by Crippen LogP contribution is -2.18. The first-order chi connectivity index (χ1) is 20.6. The predicted molar refractivity (Wildman–Crippen MR) is 148 cm³/mol. The number of rotatable bonds is 7. The van der Waals surface area contributed by atoms with Crippen molar-refractivity contribution in [2.24, 2.45) is 7.05 Å². The van der Waals surface area contributed by atoms with E-state index in [-0.39, 0.29) is 39.1 Å². The summed E-state index contributed by atoms with van der Waals surface area (Å²) in [6, 6.07) is 16.5. The maximum atomic E-state index is 13.6. The number of halogens is 6. The Hall–Kier alpha value is -4.63. The van der Waals surface area contributed by atoms with Gasteiger partial charge in [0, 0.05) is 30.7 Å². The van der Waals surface area contributed by atoms with E-state index in [1.807, 2.05) is 0 Å². The van der Waals surface area contributed by atoms with E-state index in [0.717, 1.165) is 22.9 Å². The molecule has 0 spiro atoms. The Kier molecular flexibility index (Phi) is 7.80. The molecule has 230 valence electrons. The SMILES string of the molecule is CNS(=O)(=O)c1cccc(-c2ccc(-c3cc(C(F)(F)F)nn3C)c(-c3oc(C)nc3-c3ccc(OC(F)(F)F)cc3)c2)c1. The third-order valence-corrected chi connectivity index (χ3v) is 7.96. The minimum Gasteiger partial charge on any atom is -0.440 e. The van der Waals surface area contributed by atoms with E-state index in [4.69, 9.17) is 4.42 Å². The molecule has 3 aromatic carbocycles. The third kappa shape index (κ3) is 6.33. The number of alkyl halides is 6. The molecular weight excluding hydrogens is 614 g/mol. The van der Waals surface area contributed by atoms with Gasteiger partial charge in [0.25, 0.3) is 0 Å². The van der Waals surface area contributed by atoms with E-state index in [2.05, 4.69) is 19.5 Å². The van der Waals surface area contributed by atoms with Crippen LogP contribution in [0.25, 0.3) is 45.0 Å². The van der Waals surface area contributed by atoms with Crippen LogP contribution < -0.4 is 9.46 Å². The molecule has 0 fully saturated rings. The second-order valence-corrected chi connectivity index (χ2v) is 11.4. The molecule has 8 nitrogen and oxygen atoms in total. The number of hydrogen-bond acceptors (Lipinski definition) is 6. The van der Waals surface area contributed by atoms with Crippen molar-refractivity contribution < 1.29 is 43.9 Å². The normalized spacial score (nSPS) is 12.5. The highest BCUT2D eigenvalue weighted by Crippen LogP contribution is 2.42. The van der Waals surface area contributed by atoms with Gasteiger partial charge < -0.3 is 9.15 Å². The lowest BCUT2D eigenvalue weighted by atomic mass is 9.94. The monoisotopic (exact) mass is 636 g/mol. The fraction of sp³-hybridized carbons (Fsp3) is 0.172. The number of aromatic nitrogens is 3. The van der Waals surface area contributed by atoms with Gasteiger partial charge in [-0.05, 0) is 66.7 Å². The molecular formula is C29H22F6N4O4S. The van der Waals surface area contributed by atoms with Crippen molar-refractivity contribution in [3.63, 3.8) is 0 Å². The van der Waals surface area contributed by atoms with Gasteiger partial charge in [0.05, 0.1) is 10.6 Å². The van der Waals surface area contributed by atoms with Gasteiger partial charge in [-0.1, -0.05) is 24.3 Å². The summed E-state index contributed by atoms with van der Waals surface area (Å²) >= 11 is 0. The number of aryl methyl sites for hydroxylation is 2. The van der Waals surface area contributed by atoms with E-state index in [1.165, 1.54) is 45.3 Å². The molecule has 0 unspecified atom stereocenters. The van der Waals surface area contributed by atoms with Crippen molar-refractivity contribution in [3.8, 4) is 50.7 Å². The van der Waals surface area contributed by atoms with Crippen molar-refractivity contribution in [1.82, 2.24) is 19.5 Å². The number of oxazole rings is 1. The molecule has 0 radical (unpaired) electrons. The van der Waals surface area contributed by atoms with Gasteiger partial charge in [0.15, 0.2) is 17.3 Å². The summed E-state index contributed by atoms with van der Waals surface area (Å²) in [5.74, 6) is -0.181. The molecule has 0 aliphatic heterocycles. The fourth-order valence-electron chi connectivity index (χ4n) is 4.57. The zero-order valence-corrected chi connectivity index (χ0v) is 23.9. The molecule has 1 N–H and O–H groups in total. The van der Waals surface area contributed by atoms with Crippen LogP contribution in [0.3, 0.4) is 0 Å². The van der Waals surface area contributed by atoms with Gasteiger partial charge >= 0.3 is 12.5 Å². The molecule has 2 heterocycles. The largest absolute Gasteiger partial charge is 0.573 e. The van der Waals surface area contributed by atoms with Crippen molar-refractivity contribution in [3.05, 3.63) is 84.4 Å². The number of benzene rings is 3. The Labute approximate surface area is 247 Å². The number of ether oxygens (including phenoxy) is 1. The Balaban J connectivity index is 1.72. The Bertz CT molecular complexity index is 1950. The van der Waals surface area contributed by atoms with Gasteiger partial charge in [-0.25, -0.2) is 18.1 Å². The van der Waals surface area contributed by atoms with E-state index in [1.54, 1.807) is 30.3 Å². The van der Waals surface area contributed by atoms with E-state index in [0.29, 0.717) is 16.7 Å². The van der Waals surface area contributed by atoms with Gasteiger partial charge in [-0.15, -0.1) is 13.2 Å². The average Bonchev–Trinajstić information content (AvgIpc) is 3.55. The minimum atomic E-state index is -4.89. The van der Waals surface area contributed by atoms with Crippen LogP contribution in [0.1, 0.15) is 11.6 Å². The zero-order valence-electron chi connectivity index (χ0n) is 23.1. The molecule has 0 saturated heterocycles. The van der Waals surface area contributed by atoms with Gasteiger partial charge in [0.1, 0.15) is 11.4 Å². The molecule has 0 bridgehead atoms. The highest BCUT2D eigenvalue weighted by atomic mass is 32.2. The van der Waals surface area contributed by atoms with E-state index in [9.17, 15) is 34.8 Å². The van der Waals surface area contributed by atoms with Crippen LogP contribution in [0.4, 0.5) is 26.3 Å². The first kappa shape index (κ1) is 30.8. The van der Waals surface area contributed by atoms with Crippen LogP contribution in [0, 0.1) is 6.92 Å². The van der Waals surface area contributed by atoms with Crippen molar-refractivity contribution in [1.29, 1.82) is 0 Å². The topological polar surface area (TPSA) is 99.2 Å². The van der Waals surface area contributed by atoms with Gasteiger partial charge in [-0.2, -0.15) is 18.3 Å². The van der Waals surface area contributed by atoms with Crippen LogP contribution in [-0.4, -0.2) is 36.6 Å². The van der Waals surface area contributed by atoms with Crippen LogP contribution in [-0.2, 0) is 23.2 Å². The van der Waals surface area contributed by atoms with Crippen LogP contribution in [0.2, 0.25) is 0 Å². The number of nitrogens with zero attached hydrogens (tertiary/aromatic N) is 3. The van der Waals surface area contributed by atoms with Crippen molar-refractivity contribution >= 4 is 10.0 Å². The summed E-state index contributed by atoms with van der Waals surface area (Å²) in [6.07, 6.45) is -9.61. The highest BCUT2D eigenvalue weighted by Gasteiger charge is 2.35. The summed E-state index contributed by atoms with van der Waals surface area (Å²) in [5.41, 5.74) is 1.00. The Morgan fingerprint density at radius 1 is 0.864 bits per heavy atom. The molecule has 0 aliphatic rings. The lowest BCUT2D eigenvalue weighted by Gasteiger charge is -2.13. The van der Waals surface area contributed by atoms with Crippen LogP contribution in [0.15, 0.2) is 82.1 Å². The molecule has 0 aliphatic carbocycles. The standard InChI is InChI=1S/C29H22F6N4O4S/c1-16-37-26(17-7-10-20(11-8-17)43-29(33,34)35)27(42-16)23-14-19(18-5-4-6-21(13-18)44(40,41)36-2)9-12-22(23)24-15-25(28(30,31)32)38-39(24)3/h4-15,36H,1-3H3. The van der Waals surface area contributed by atoms with Crippen molar-refractivity contribution in [2.75, 3.05) is 7.05 Å². The second-order valence-electron chi connectivity index (χ2n) is 9.51. The second kappa shape index (κ2) is 11.1. The smallest absolute Gasteiger partial charge is 0.440 e. The minimum absolute atomic E-state index is 0.0121. The summed E-state index contributed by atoms with van der Waals surface area (Å²) in [4.78, 5) is 4.39. The van der Waals surface area contributed by atoms with Crippen molar-refractivity contribution in [2.45, 2.75) is 24.4 Å². The Morgan fingerprint density at radius 3 is 2.14 bits per heavy atom. The molecule has 0 atom stereocenters. The summed E-state index contributed by atoms with van der Waals surface area (Å²) in [6.45, 7) is 1.54. The molecule has 0 amide bonds. The zero-order chi connectivity index (χ0) is 32.0. The van der Waals surface area contributed by atoms with Gasteiger partial charge in [-0.3, -0.25) is 4.68 Å². The molecule has 44 heavy (non-hydrogen) atoms. The highest BCUT2D eigenvalue weighted by molar-refractivity contribution is 7.89. The molecule has 5 rings (SSSR count). The fourth-order valence-corrected chi connectivity index (χ4v) is 5.35. The van der Waals surface area contributed by atoms with E-state index >= 15 is 0 Å². The summed E-state index contributed by atoms with van der Waals surface area (Å²) < 4.78 is 117. The number of sulfonamides is 1. The number of nitrogens with one attached hydrogen (secondary N) is 1. The van der Waals surface area contributed by atoms with E-state index < -0.39 is 34.0 Å². The quantitative estimate of drug-likeness (QED) is 0.190. The first-order valence-electron chi connectivity index (χ1n) is 12.7. The van der Waals surface area contributed by atoms with Crippen LogP contribution >= 0.6 is 0 Å². The molecule has 5 aromatic rings.